The maximum Gasteiger partial charge on any atom is 0.209 e. The van der Waals surface area contributed by atoms with E-state index < -0.39 is 6.29 Å². The standard InChI is InChI=1S/C12H14BrFN4O2S/c1-19-11(20-2)6-18-12(15-16-17-18)21-7-8-3-4-9(14)5-10(8)13/h3-5,11H,6-7H2,1-2H3. The Morgan fingerprint density at radius 2 is 2.14 bits per heavy atom. The van der Waals surface area contributed by atoms with Gasteiger partial charge in [0, 0.05) is 24.4 Å². The number of methoxy groups -OCH3 is 2. The van der Waals surface area contributed by atoms with Crippen molar-refractivity contribution in [2.24, 2.45) is 0 Å². The molecule has 0 fully saturated rings. The molecule has 1 heterocycles. The van der Waals surface area contributed by atoms with Gasteiger partial charge in [0.05, 0.1) is 6.54 Å². The predicted octanol–water partition coefficient (Wildman–Crippen LogP) is 2.49. The summed E-state index contributed by atoms with van der Waals surface area (Å²) in [5, 5.41) is 12.2. The van der Waals surface area contributed by atoms with E-state index in [9.17, 15) is 4.39 Å². The van der Waals surface area contributed by atoms with E-state index >= 15 is 0 Å². The molecule has 1 aromatic carbocycles. The number of rotatable bonds is 7. The number of tetrazole rings is 1. The van der Waals surface area contributed by atoms with Gasteiger partial charge < -0.3 is 9.47 Å². The Morgan fingerprint density at radius 1 is 1.38 bits per heavy atom. The Bertz CT molecular complexity index is 594. The summed E-state index contributed by atoms with van der Waals surface area (Å²) in [6, 6.07) is 4.59. The molecule has 114 valence electrons. The van der Waals surface area contributed by atoms with Crippen LogP contribution in [0.1, 0.15) is 5.56 Å². The SMILES string of the molecule is COC(Cn1nnnc1SCc1ccc(F)cc1Br)OC. The molecule has 0 amide bonds. The van der Waals surface area contributed by atoms with E-state index in [0.29, 0.717) is 17.5 Å². The van der Waals surface area contributed by atoms with Gasteiger partial charge >= 0.3 is 0 Å². The van der Waals surface area contributed by atoms with Crippen LogP contribution in [0, 0.1) is 5.82 Å². The molecule has 0 radical (unpaired) electrons. The van der Waals surface area contributed by atoms with E-state index in [0.717, 1.165) is 10.0 Å². The molecular formula is C12H14BrFN4O2S. The summed E-state index contributed by atoms with van der Waals surface area (Å²) < 4.78 is 25.6. The second kappa shape index (κ2) is 7.83. The summed E-state index contributed by atoms with van der Waals surface area (Å²) in [4.78, 5) is 0. The highest BCUT2D eigenvalue weighted by atomic mass is 79.9. The van der Waals surface area contributed by atoms with Gasteiger partial charge in [-0.2, -0.15) is 0 Å². The molecule has 6 nitrogen and oxygen atoms in total. The van der Waals surface area contributed by atoms with Gasteiger partial charge in [-0.3, -0.25) is 0 Å². The Balaban J connectivity index is 2.02. The summed E-state index contributed by atoms with van der Waals surface area (Å²) in [5.74, 6) is 0.342. The van der Waals surface area contributed by atoms with Crippen LogP contribution in [-0.2, 0) is 21.8 Å². The van der Waals surface area contributed by atoms with Crippen LogP contribution in [0.2, 0.25) is 0 Å². The second-order valence-electron chi connectivity index (χ2n) is 4.07. The Labute approximate surface area is 134 Å². The number of nitrogens with zero attached hydrogens (tertiary/aromatic N) is 4. The maximum atomic E-state index is 13.0. The van der Waals surface area contributed by atoms with Crippen molar-refractivity contribution in [2.45, 2.75) is 23.7 Å². The minimum absolute atomic E-state index is 0.275. The zero-order valence-electron chi connectivity index (χ0n) is 11.5. The number of thioether (sulfide) groups is 1. The lowest BCUT2D eigenvalue weighted by Gasteiger charge is -2.13. The fourth-order valence-electron chi connectivity index (χ4n) is 1.58. The summed E-state index contributed by atoms with van der Waals surface area (Å²) in [7, 11) is 3.11. The van der Waals surface area contributed by atoms with Gasteiger partial charge in [-0.1, -0.05) is 33.8 Å². The van der Waals surface area contributed by atoms with Crippen LogP contribution >= 0.6 is 27.7 Å². The topological polar surface area (TPSA) is 62.1 Å². The predicted molar refractivity (Wildman–Crippen MR) is 79.3 cm³/mol. The third-order valence-corrected chi connectivity index (χ3v) is 4.46. The van der Waals surface area contributed by atoms with Crippen LogP contribution in [-0.4, -0.2) is 40.7 Å². The van der Waals surface area contributed by atoms with E-state index in [4.69, 9.17) is 9.47 Å². The summed E-state index contributed by atoms with van der Waals surface area (Å²) >= 11 is 4.79. The highest BCUT2D eigenvalue weighted by molar-refractivity contribution is 9.10. The molecule has 1 aromatic heterocycles. The highest BCUT2D eigenvalue weighted by Crippen LogP contribution is 2.26. The molecule has 0 spiro atoms. The van der Waals surface area contributed by atoms with Crippen LogP contribution in [0.25, 0.3) is 0 Å². The Hall–Kier alpha value is -1.03. The van der Waals surface area contributed by atoms with Crippen LogP contribution in [0.4, 0.5) is 4.39 Å². The highest BCUT2D eigenvalue weighted by Gasteiger charge is 2.13. The first kappa shape index (κ1) is 16.3. The third-order valence-electron chi connectivity index (χ3n) is 2.72. The lowest BCUT2D eigenvalue weighted by atomic mass is 10.2. The molecule has 0 saturated heterocycles. The molecule has 21 heavy (non-hydrogen) atoms. The first-order chi connectivity index (χ1) is 10.1. The van der Waals surface area contributed by atoms with Crippen LogP contribution in [0.5, 0.6) is 0 Å². The molecule has 0 unspecified atom stereocenters. The van der Waals surface area contributed by atoms with Gasteiger partial charge in [-0.25, -0.2) is 9.07 Å². The van der Waals surface area contributed by atoms with Crippen molar-refractivity contribution in [3.63, 3.8) is 0 Å². The van der Waals surface area contributed by atoms with E-state index in [1.165, 1.54) is 23.9 Å². The fourth-order valence-corrected chi connectivity index (χ4v) is 3.15. The molecule has 0 saturated carbocycles. The minimum atomic E-state index is -0.412. The molecule has 0 atom stereocenters. The van der Waals surface area contributed by atoms with Crippen molar-refractivity contribution in [1.29, 1.82) is 0 Å². The largest absolute Gasteiger partial charge is 0.354 e. The lowest BCUT2D eigenvalue weighted by molar-refractivity contribution is -0.113. The molecule has 2 rings (SSSR count). The number of hydrogen-bond acceptors (Lipinski definition) is 6. The molecule has 0 aliphatic heterocycles. The van der Waals surface area contributed by atoms with Gasteiger partial charge in [0.1, 0.15) is 5.82 Å². The summed E-state index contributed by atoms with van der Waals surface area (Å²) in [6.07, 6.45) is -0.412. The zero-order chi connectivity index (χ0) is 15.2. The monoisotopic (exact) mass is 376 g/mol. The number of halogens is 2. The molecule has 2 aromatic rings. The van der Waals surface area contributed by atoms with Gasteiger partial charge in [0.15, 0.2) is 6.29 Å². The molecule has 0 bridgehead atoms. The van der Waals surface area contributed by atoms with Crippen LogP contribution in [0.3, 0.4) is 0 Å². The second-order valence-corrected chi connectivity index (χ2v) is 5.87. The number of aromatic nitrogens is 4. The Morgan fingerprint density at radius 3 is 2.81 bits per heavy atom. The third kappa shape index (κ3) is 4.47. The van der Waals surface area contributed by atoms with Gasteiger partial charge in [-0.05, 0) is 28.1 Å². The van der Waals surface area contributed by atoms with Crippen molar-refractivity contribution >= 4 is 27.7 Å². The molecule has 0 aliphatic rings. The van der Waals surface area contributed by atoms with Crippen molar-refractivity contribution in [1.82, 2.24) is 20.2 Å². The first-order valence-electron chi connectivity index (χ1n) is 6.02. The van der Waals surface area contributed by atoms with E-state index in [2.05, 4.69) is 31.5 Å². The number of ether oxygens (including phenoxy) is 2. The minimum Gasteiger partial charge on any atom is -0.354 e. The van der Waals surface area contributed by atoms with Gasteiger partial charge in [0.2, 0.25) is 5.16 Å². The molecule has 0 N–H and O–H groups in total. The molecular weight excluding hydrogens is 363 g/mol. The number of benzene rings is 1. The molecule has 0 aliphatic carbocycles. The Kier molecular flexibility index (Phi) is 6.09. The van der Waals surface area contributed by atoms with Crippen LogP contribution < -0.4 is 0 Å². The summed E-state index contributed by atoms with van der Waals surface area (Å²) in [6.45, 7) is 0.396. The van der Waals surface area contributed by atoms with Crippen molar-refractivity contribution in [3.05, 3.63) is 34.1 Å². The quantitative estimate of drug-likeness (QED) is 0.546. The van der Waals surface area contributed by atoms with Crippen molar-refractivity contribution < 1.29 is 13.9 Å². The van der Waals surface area contributed by atoms with Gasteiger partial charge in [0.25, 0.3) is 0 Å². The van der Waals surface area contributed by atoms with Crippen molar-refractivity contribution in [2.75, 3.05) is 14.2 Å². The van der Waals surface area contributed by atoms with Crippen LogP contribution in [0.15, 0.2) is 27.8 Å². The zero-order valence-corrected chi connectivity index (χ0v) is 13.9. The van der Waals surface area contributed by atoms with E-state index in [1.807, 2.05) is 0 Å². The van der Waals surface area contributed by atoms with Crippen molar-refractivity contribution in [3.8, 4) is 0 Å². The van der Waals surface area contributed by atoms with E-state index in [-0.39, 0.29) is 5.82 Å². The smallest absolute Gasteiger partial charge is 0.209 e. The lowest BCUT2D eigenvalue weighted by Crippen LogP contribution is -2.21. The maximum absolute atomic E-state index is 13.0. The number of hydrogen-bond donors (Lipinski definition) is 0. The molecule has 9 heteroatoms. The van der Waals surface area contributed by atoms with Gasteiger partial charge in [-0.15, -0.1) is 5.10 Å². The normalized spacial score (nSPS) is 11.3. The first-order valence-corrected chi connectivity index (χ1v) is 7.80. The average molecular weight is 377 g/mol. The average Bonchev–Trinajstić information content (AvgIpc) is 2.91. The fraction of sp³-hybridized carbons (Fsp3) is 0.417. The van der Waals surface area contributed by atoms with E-state index in [1.54, 1.807) is 25.0 Å². The summed E-state index contributed by atoms with van der Waals surface area (Å²) in [5.41, 5.74) is 0.964.